The SMILES string of the molecule is CN(C(=O)/C=C/c1ccc(Br)cc1)c1ccccc1. The highest BCUT2D eigenvalue weighted by atomic mass is 79.9. The molecule has 2 nitrogen and oxygen atoms in total. The van der Waals surface area contributed by atoms with Gasteiger partial charge < -0.3 is 4.90 Å². The first kappa shape index (κ1) is 13.6. The molecule has 0 aliphatic carbocycles. The second kappa shape index (κ2) is 6.34. The number of rotatable bonds is 3. The molecule has 1 amide bonds. The van der Waals surface area contributed by atoms with E-state index in [1.165, 1.54) is 0 Å². The van der Waals surface area contributed by atoms with Gasteiger partial charge in [0.05, 0.1) is 0 Å². The molecule has 0 bridgehead atoms. The lowest BCUT2D eigenvalue weighted by Crippen LogP contribution is -2.23. The second-order valence-electron chi connectivity index (χ2n) is 4.12. The van der Waals surface area contributed by atoms with E-state index in [0.717, 1.165) is 15.7 Å². The summed E-state index contributed by atoms with van der Waals surface area (Å²) in [6.45, 7) is 0. The molecular formula is C16H14BrNO. The minimum atomic E-state index is -0.0471. The van der Waals surface area contributed by atoms with E-state index in [4.69, 9.17) is 0 Å². The zero-order valence-corrected chi connectivity index (χ0v) is 12.2. The Labute approximate surface area is 121 Å². The summed E-state index contributed by atoms with van der Waals surface area (Å²) >= 11 is 3.38. The number of carbonyl (C=O) groups excluding carboxylic acids is 1. The van der Waals surface area contributed by atoms with Crippen molar-refractivity contribution in [3.63, 3.8) is 0 Å². The molecule has 0 aliphatic heterocycles. The number of amides is 1. The standard InChI is InChI=1S/C16H14BrNO/c1-18(15-5-3-2-4-6-15)16(19)12-9-13-7-10-14(17)11-8-13/h2-12H,1H3/b12-9+. The summed E-state index contributed by atoms with van der Waals surface area (Å²) < 4.78 is 1.03. The summed E-state index contributed by atoms with van der Waals surface area (Å²) in [7, 11) is 1.77. The molecule has 0 saturated heterocycles. The van der Waals surface area contributed by atoms with Gasteiger partial charge in [0.25, 0.3) is 5.91 Å². The fraction of sp³-hybridized carbons (Fsp3) is 0.0625. The molecule has 2 aromatic carbocycles. The first-order valence-electron chi connectivity index (χ1n) is 5.93. The quantitative estimate of drug-likeness (QED) is 0.780. The molecule has 0 saturated carbocycles. The lowest BCUT2D eigenvalue weighted by Gasteiger charge is -2.14. The molecule has 0 aromatic heterocycles. The van der Waals surface area contributed by atoms with Crippen LogP contribution in [0.2, 0.25) is 0 Å². The number of para-hydroxylation sites is 1. The maximum absolute atomic E-state index is 12.0. The number of hydrogen-bond acceptors (Lipinski definition) is 1. The Morgan fingerprint density at radius 3 is 2.32 bits per heavy atom. The Hall–Kier alpha value is -1.87. The lowest BCUT2D eigenvalue weighted by molar-refractivity contribution is -0.113. The fourth-order valence-corrected chi connectivity index (χ4v) is 1.90. The highest BCUT2D eigenvalue weighted by Crippen LogP contribution is 2.13. The average Bonchev–Trinajstić information content (AvgIpc) is 2.46. The van der Waals surface area contributed by atoms with Crippen LogP contribution in [0.5, 0.6) is 0 Å². The van der Waals surface area contributed by atoms with Crippen molar-refractivity contribution in [2.45, 2.75) is 0 Å². The summed E-state index contributed by atoms with van der Waals surface area (Å²) in [5.74, 6) is -0.0471. The van der Waals surface area contributed by atoms with Crippen LogP contribution in [0.3, 0.4) is 0 Å². The van der Waals surface area contributed by atoms with Crippen LogP contribution in [0.15, 0.2) is 65.1 Å². The Balaban J connectivity index is 2.07. The second-order valence-corrected chi connectivity index (χ2v) is 5.03. The van der Waals surface area contributed by atoms with Crippen molar-refractivity contribution in [1.29, 1.82) is 0 Å². The Morgan fingerprint density at radius 1 is 1.05 bits per heavy atom. The third kappa shape index (κ3) is 3.80. The number of anilines is 1. The molecule has 0 atom stereocenters. The number of likely N-dealkylation sites (N-methyl/N-ethyl adjacent to an activating group) is 1. The third-order valence-electron chi connectivity index (χ3n) is 2.76. The zero-order valence-electron chi connectivity index (χ0n) is 10.6. The minimum Gasteiger partial charge on any atom is -0.312 e. The molecule has 2 aromatic rings. The molecule has 0 aliphatic rings. The summed E-state index contributed by atoms with van der Waals surface area (Å²) in [4.78, 5) is 13.6. The molecule has 96 valence electrons. The maximum atomic E-state index is 12.0. The highest BCUT2D eigenvalue weighted by Gasteiger charge is 2.06. The number of carbonyl (C=O) groups is 1. The van der Waals surface area contributed by atoms with Gasteiger partial charge in [-0.3, -0.25) is 4.79 Å². The van der Waals surface area contributed by atoms with Gasteiger partial charge in [-0.15, -0.1) is 0 Å². The molecule has 0 fully saturated rings. The van der Waals surface area contributed by atoms with E-state index < -0.39 is 0 Å². The van der Waals surface area contributed by atoms with E-state index in [9.17, 15) is 4.79 Å². The Bertz CT molecular complexity index is 575. The van der Waals surface area contributed by atoms with Gasteiger partial charge in [-0.1, -0.05) is 46.3 Å². The molecular weight excluding hydrogens is 302 g/mol. The smallest absolute Gasteiger partial charge is 0.250 e. The fourth-order valence-electron chi connectivity index (χ4n) is 1.63. The van der Waals surface area contributed by atoms with E-state index in [2.05, 4.69) is 15.9 Å². The number of hydrogen-bond donors (Lipinski definition) is 0. The molecule has 0 spiro atoms. The molecule has 0 radical (unpaired) electrons. The van der Waals surface area contributed by atoms with Crippen molar-refractivity contribution >= 4 is 33.6 Å². The topological polar surface area (TPSA) is 20.3 Å². The van der Waals surface area contributed by atoms with Crippen molar-refractivity contribution in [2.24, 2.45) is 0 Å². The van der Waals surface area contributed by atoms with Crippen molar-refractivity contribution in [1.82, 2.24) is 0 Å². The molecule has 0 unspecified atom stereocenters. The Kier molecular flexibility index (Phi) is 4.53. The van der Waals surface area contributed by atoms with Gasteiger partial charge in [0, 0.05) is 23.3 Å². The number of nitrogens with zero attached hydrogens (tertiary/aromatic N) is 1. The number of halogens is 1. The molecule has 0 heterocycles. The van der Waals surface area contributed by atoms with Crippen LogP contribution in [-0.2, 0) is 4.79 Å². The summed E-state index contributed by atoms with van der Waals surface area (Å²) in [6, 6.07) is 17.4. The van der Waals surface area contributed by atoms with Crippen LogP contribution in [0.4, 0.5) is 5.69 Å². The van der Waals surface area contributed by atoms with Crippen LogP contribution < -0.4 is 4.90 Å². The predicted octanol–water partition coefficient (Wildman–Crippen LogP) is 4.13. The van der Waals surface area contributed by atoms with E-state index in [0.29, 0.717) is 0 Å². The summed E-state index contributed by atoms with van der Waals surface area (Å²) in [5.41, 5.74) is 1.88. The van der Waals surface area contributed by atoms with Gasteiger partial charge >= 0.3 is 0 Å². The molecule has 3 heteroatoms. The minimum absolute atomic E-state index is 0.0471. The molecule has 0 N–H and O–H groups in total. The van der Waals surface area contributed by atoms with E-state index in [-0.39, 0.29) is 5.91 Å². The van der Waals surface area contributed by atoms with Gasteiger partial charge in [-0.25, -0.2) is 0 Å². The van der Waals surface area contributed by atoms with E-state index in [1.807, 2.05) is 60.7 Å². The van der Waals surface area contributed by atoms with Crippen LogP contribution in [0.1, 0.15) is 5.56 Å². The number of benzene rings is 2. The van der Waals surface area contributed by atoms with Gasteiger partial charge in [-0.2, -0.15) is 0 Å². The van der Waals surface area contributed by atoms with Gasteiger partial charge in [-0.05, 0) is 35.9 Å². The largest absolute Gasteiger partial charge is 0.312 e. The van der Waals surface area contributed by atoms with E-state index >= 15 is 0 Å². The highest BCUT2D eigenvalue weighted by molar-refractivity contribution is 9.10. The van der Waals surface area contributed by atoms with Gasteiger partial charge in [0.2, 0.25) is 0 Å². The van der Waals surface area contributed by atoms with Gasteiger partial charge in [0.1, 0.15) is 0 Å². The maximum Gasteiger partial charge on any atom is 0.250 e. The van der Waals surface area contributed by atoms with Crippen molar-refractivity contribution in [2.75, 3.05) is 11.9 Å². The van der Waals surface area contributed by atoms with Crippen molar-refractivity contribution in [3.8, 4) is 0 Å². The Morgan fingerprint density at radius 2 is 1.68 bits per heavy atom. The summed E-state index contributed by atoms with van der Waals surface area (Å²) in [5, 5.41) is 0. The van der Waals surface area contributed by atoms with Crippen LogP contribution in [0.25, 0.3) is 6.08 Å². The van der Waals surface area contributed by atoms with E-state index in [1.54, 1.807) is 18.0 Å². The zero-order chi connectivity index (χ0) is 13.7. The normalized spacial score (nSPS) is 10.6. The molecule has 2 rings (SSSR count). The van der Waals surface area contributed by atoms with Gasteiger partial charge in [0.15, 0.2) is 0 Å². The first-order valence-corrected chi connectivity index (χ1v) is 6.72. The van der Waals surface area contributed by atoms with Crippen LogP contribution in [0, 0.1) is 0 Å². The van der Waals surface area contributed by atoms with Crippen molar-refractivity contribution < 1.29 is 4.79 Å². The molecule has 19 heavy (non-hydrogen) atoms. The lowest BCUT2D eigenvalue weighted by atomic mass is 10.2. The predicted molar refractivity (Wildman–Crippen MR) is 83.0 cm³/mol. The monoisotopic (exact) mass is 315 g/mol. The summed E-state index contributed by atoms with van der Waals surface area (Å²) in [6.07, 6.45) is 3.39. The van der Waals surface area contributed by atoms with Crippen molar-refractivity contribution in [3.05, 3.63) is 70.7 Å². The van der Waals surface area contributed by atoms with Crippen LogP contribution >= 0.6 is 15.9 Å². The van der Waals surface area contributed by atoms with Crippen LogP contribution in [-0.4, -0.2) is 13.0 Å². The first-order chi connectivity index (χ1) is 9.16. The third-order valence-corrected chi connectivity index (χ3v) is 3.29. The average molecular weight is 316 g/mol.